The monoisotopic (exact) mass is 245 g/mol. The number of hydrogen-bond acceptors (Lipinski definition) is 3. The minimum atomic E-state index is -0.802. The van der Waals surface area contributed by atoms with Crippen LogP contribution in [0.3, 0.4) is 0 Å². The van der Waals surface area contributed by atoms with Gasteiger partial charge in [0.2, 0.25) is 0 Å². The van der Waals surface area contributed by atoms with Crippen molar-refractivity contribution in [2.45, 2.75) is 59.1 Å². The quantitative estimate of drug-likeness (QED) is 0.751. The van der Waals surface area contributed by atoms with E-state index in [1.807, 2.05) is 39.5 Å². The second-order valence-corrected chi connectivity index (χ2v) is 6.25. The molecule has 0 bridgehead atoms. The third kappa shape index (κ3) is 6.03. The smallest absolute Gasteiger partial charge is 0.304 e. The minimum absolute atomic E-state index is 0.103. The number of hydrogen-bond donors (Lipinski definition) is 2. The molecule has 0 fully saturated rings. The summed E-state index contributed by atoms with van der Waals surface area (Å²) in [6.45, 7) is 12.8. The van der Waals surface area contributed by atoms with E-state index >= 15 is 0 Å². The van der Waals surface area contributed by atoms with Crippen LogP contribution in [0.15, 0.2) is 0 Å². The summed E-state index contributed by atoms with van der Waals surface area (Å²) in [7, 11) is 0. The van der Waals surface area contributed by atoms with Gasteiger partial charge in [-0.1, -0.05) is 13.8 Å². The molecule has 4 nitrogen and oxygen atoms in total. The van der Waals surface area contributed by atoms with Crippen LogP contribution in [0.2, 0.25) is 0 Å². The van der Waals surface area contributed by atoms with Crippen LogP contribution < -0.4 is 0 Å². The van der Waals surface area contributed by atoms with Gasteiger partial charge in [-0.05, 0) is 33.6 Å². The first kappa shape index (κ1) is 16.4. The molecule has 1 unspecified atom stereocenters. The van der Waals surface area contributed by atoms with Gasteiger partial charge < -0.3 is 10.2 Å². The van der Waals surface area contributed by atoms with Crippen LogP contribution in [0, 0.1) is 5.92 Å². The van der Waals surface area contributed by atoms with E-state index in [1.165, 1.54) is 0 Å². The summed E-state index contributed by atoms with van der Waals surface area (Å²) < 4.78 is 0. The van der Waals surface area contributed by atoms with Gasteiger partial charge >= 0.3 is 5.97 Å². The Morgan fingerprint density at radius 2 is 1.71 bits per heavy atom. The lowest BCUT2D eigenvalue weighted by molar-refractivity contribution is -0.138. The molecule has 4 heteroatoms. The highest BCUT2D eigenvalue weighted by atomic mass is 16.4. The summed E-state index contributed by atoms with van der Waals surface area (Å²) in [6, 6.07) is 0. The summed E-state index contributed by atoms with van der Waals surface area (Å²) in [5, 5.41) is 19.0. The van der Waals surface area contributed by atoms with Crippen LogP contribution in [0.1, 0.15) is 48.0 Å². The third-order valence-corrected chi connectivity index (χ3v) is 3.30. The van der Waals surface area contributed by atoms with Crippen molar-refractivity contribution in [3.8, 4) is 0 Å². The Kier molecular flexibility index (Phi) is 5.62. The zero-order valence-corrected chi connectivity index (χ0v) is 11.9. The first-order valence-corrected chi connectivity index (χ1v) is 6.16. The van der Waals surface area contributed by atoms with E-state index in [4.69, 9.17) is 5.11 Å². The molecule has 0 aromatic carbocycles. The van der Waals surface area contributed by atoms with E-state index in [2.05, 4.69) is 0 Å². The standard InChI is InChI=1S/C13H27NO3/c1-10(2)13(6,17)9-14(12(3,4)5)8-7-11(15)16/h10,17H,7-9H2,1-6H3,(H,15,16). The summed E-state index contributed by atoms with van der Waals surface area (Å²) in [5.41, 5.74) is -0.944. The van der Waals surface area contributed by atoms with Crippen molar-refractivity contribution in [3.05, 3.63) is 0 Å². The van der Waals surface area contributed by atoms with Gasteiger partial charge in [-0.3, -0.25) is 9.69 Å². The number of rotatable bonds is 6. The van der Waals surface area contributed by atoms with E-state index in [0.29, 0.717) is 13.1 Å². The van der Waals surface area contributed by atoms with Gasteiger partial charge in [0.25, 0.3) is 0 Å². The first-order valence-electron chi connectivity index (χ1n) is 6.16. The lowest BCUT2D eigenvalue weighted by Crippen LogP contribution is -2.52. The molecule has 0 heterocycles. The topological polar surface area (TPSA) is 60.8 Å². The number of carboxylic acids is 1. The van der Waals surface area contributed by atoms with Crippen molar-refractivity contribution < 1.29 is 15.0 Å². The zero-order valence-electron chi connectivity index (χ0n) is 11.9. The second-order valence-electron chi connectivity index (χ2n) is 6.25. The molecule has 0 aromatic rings. The van der Waals surface area contributed by atoms with E-state index < -0.39 is 11.6 Å². The summed E-state index contributed by atoms with van der Waals surface area (Å²) in [4.78, 5) is 12.7. The number of carbonyl (C=O) groups is 1. The highest BCUT2D eigenvalue weighted by molar-refractivity contribution is 5.66. The number of aliphatic hydroxyl groups is 1. The maximum absolute atomic E-state index is 10.6. The normalized spacial score (nSPS) is 16.3. The fraction of sp³-hybridized carbons (Fsp3) is 0.923. The molecular formula is C13H27NO3. The Bertz CT molecular complexity index is 254. The Balaban J connectivity index is 4.66. The van der Waals surface area contributed by atoms with E-state index in [0.717, 1.165) is 0 Å². The molecule has 0 saturated heterocycles. The number of carboxylic acid groups (broad SMARTS) is 1. The molecule has 0 amide bonds. The van der Waals surface area contributed by atoms with Crippen molar-refractivity contribution in [1.82, 2.24) is 4.90 Å². The van der Waals surface area contributed by atoms with Crippen LogP contribution in [0.25, 0.3) is 0 Å². The Hall–Kier alpha value is -0.610. The van der Waals surface area contributed by atoms with Gasteiger partial charge in [-0.2, -0.15) is 0 Å². The molecule has 0 aliphatic rings. The lowest BCUT2D eigenvalue weighted by Gasteiger charge is -2.41. The van der Waals surface area contributed by atoms with E-state index in [9.17, 15) is 9.90 Å². The van der Waals surface area contributed by atoms with E-state index in [-0.39, 0.29) is 17.9 Å². The van der Waals surface area contributed by atoms with E-state index in [1.54, 1.807) is 6.92 Å². The van der Waals surface area contributed by atoms with Crippen LogP contribution >= 0.6 is 0 Å². The third-order valence-electron chi connectivity index (χ3n) is 3.30. The Labute approximate surface area is 105 Å². The Morgan fingerprint density at radius 3 is 2.00 bits per heavy atom. The molecule has 0 aliphatic heterocycles. The van der Waals surface area contributed by atoms with Gasteiger partial charge in [-0.25, -0.2) is 0 Å². The molecule has 0 aromatic heterocycles. The van der Waals surface area contributed by atoms with Gasteiger partial charge in [0.1, 0.15) is 0 Å². The van der Waals surface area contributed by atoms with Crippen molar-refractivity contribution in [3.63, 3.8) is 0 Å². The summed E-state index contributed by atoms with van der Waals surface area (Å²) in [6.07, 6.45) is 0.103. The molecule has 102 valence electrons. The van der Waals surface area contributed by atoms with Crippen molar-refractivity contribution in [2.24, 2.45) is 5.92 Å². The fourth-order valence-corrected chi connectivity index (χ4v) is 1.45. The average Bonchev–Trinajstić information content (AvgIpc) is 2.09. The highest BCUT2D eigenvalue weighted by Gasteiger charge is 2.32. The number of aliphatic carboxylic acids is 1. The molecule has 17 heavy (non-hydrogen) atoms. The van der Waals surface area contributed by atoms with Gasteiger partial charge in [0.05, 0.1) is 12.0 Å². The molecule has 2 N–H and O–H groups in total. The minimum Gasteiger partial charge on any atom is -0.481 e. The average molecular weight is 245 g/mol. The van der Waals surface area contributed by atoms with Crippen molar-refractivity contribution >= 4 is 5.97 Å². The second kappa shape index (κ2) is 5.83. The molecule has 0 spiro atoms. The largest absolute Gasteiger partial charge is 0.481 e. The molecule has 1 atom stereocenters. The number of β-amino-alcohol motifs (C(OH)–C–C–N with tert-alkyl or cyclic N) is 1. The SMILES string of the molecule is CC(C)C(C)(O)CN(CCC(=O)O)C(C)(C)C. The lowest BCUT2D eigenvalue weighted by atomic mass is 9.90. The molecule has 0 aliphatic carbocycles. The van der Waals surface area contributed by atoms with Crippen LogP contribution in [-0.4, -0.2) is 45.3 Å². The molecule has 0 saturated carbocycles. The maximum atomic E-state index is 10.6. The zero-order chi connectivity index (χ0) is 13.9. The van der Waals surface area contributed by atoms with Gasteiger partial charge in [-0.15, -0.1) is 0 Å². The first-order chi connectivity index (χ1) is 7.47. The predicted molar refractivity (Wildman–Crippen MR) is 69.0 cm³/mol. The van der Waals surface area contributed by atoms with Crippen LogP contribution in [-0.2, 0) is 4.79 Å². The van der Waals surface area contributed by atoms with Crippen molar-refractivity contribution in [2.75, 3.05) is 13.1 Å². The van der Waals surface area contributed by atoms with Crippen LogP contribution in [0.4, 0.5) is 0 Å². The highest BCUT2D eigenvalue weighted by Crippen LogP contribution is 2.22. The fourth-order valence-electron chi connectivity index (χ4n) is 1.45. The molecule has 0 rings (SSSR count). The van der Waals surface area contributed by atoms with Gasteiger partial charge in [0, 0.05) is 18.6 Å². The predicted octanol–water partition coefficient (Wildman–Crippen LogP) is 1.97. The van der Waals surface area contributed by atoms with Gasteiger partial charge in [0.15, 0.2) is 0 Å². The molecule has 0 radical (unpaired) electrons. The molecular weight excluding hydrogens is 218 g/mol. The summed E-state index contributed by atoms with van der Waals surface area (Å²) in [5.74, 6) is -0.666. The maximum Gasteiger partial charge on any atom is 0.304 e. The van der Waals surface area contributed by atoms with Crippen molar-refractivity contribution in [1.29, 1.82) is 0 Å². The summed E-state index contributed by atoms with van der Waals surface area (Å²) >= 11 is 0. The number of nitrogens with zero attached hydrogens (tertiary/aromatic N) is 1. The van der Waals surface area contributed by atoms with Crippen LogP contribution in [0.5, 0.6) is 0 Å². The Morgan fingerprint density at radius 1 is 1.24 bits per heavy atom.